The smallest absolute Gasteiger partial charge is 0.167 e. The summed E-state index contributed by atoms with van der Waals surface area (Å²) in [6.45, 7) is 16.0. The van der Waals surface area contributed by atoms with Gasteiger partial charge in [0, 0.05) is 13.0 Å². The van der Waals surface area contributed by atoms with Crippen molar-refractivity contribution >= 4 is 5.78 Å². The maximum absolute atomic E-state index is 12.6. The summed E-state index contributed by atoms with van der Waals surface area (Å²) in [6, 6.07) is 6.01. The highest BCUT2D eigenvalue weighted by Crippen LogP contribution is 2.29. The van der Waals surface area contributed by atoms with E-state index in [-0.39, 0.29) is 11.2 Å². The highest BCUT2D eigenvalue weighted by Gasteiger charge is 2.19. The summed E-state index contributed by atoms with van der Waals surface area (Å²) in [7, 11) is 0. The first-order valence-electron chi connectivity index (χ1n) is 8.36. The molecule has 0 bridgehead atoms. The van der Waals surface area contributed by atoms with E-state index in [1.54, 1.807) is 0 Å². The minimum Gasteiger partial charge on any atom is -0.493 e. The van der Waals surface area contributed by atoms with Gasteiger partial charge in [-0.25, -0.2) is 0 Å². The summed E-state index contributed by atoms with van der Waals surface area (Å²) in [4.78, 5) is 14.9. The topological polar surface area (TPSA) is 29.5 Å². The van der Waals surface area contributed by atoms with Gasteiger partial charge in [0.05, 0.1) is 12.2 Å². The van der Waals surface area contributed by atoms with E-state index in [9.17, 15) is 4.79 Å². The molecule has 0 amide bonds. The molecule has 0 N–H and O–H groups in total. The van der Waals surface area contributed by atoms with E-state index in [1.165, 1.54) is 5.56 Å². The highest BCUT2D eigenvalue weighted by atomic mass is 16.5. The predicted molar refractivity (Wildman–Crippen MR) is 93.0 cm³/mol. The molecule has 0 saturated carbocycles. The van der Waals surface area contributed by atoms with Gasteiger partial charge in [-0.05, 0) is 43.1 Å². The third-order valence-corrected chi connectivity index (χ3v) is 4.00. The molecule has 0 atom stereocenters. The van der Waals surface area contributed by atoms with Gasteiger partial charge < -0.3 is 9.64 Å². The number of hydrogen-bond donors (Lipinski definition) is 0. The van der Waals surface area contributed by atoms with Gasteiger partial charge >= 0.3 is 0 Å². The van der Waals surface area contributed by atoms with Crippen molar-refractivity contribution < 1.29 is 9.53 Å². The van der Waals surface area contributed by atoms with Gasteiger partial charge in [-0.2, -0.15) is 0 Å². The fourth-order valence-corrected chi connectivity index (χ4v) is 2.43. The third-order valence-electron chi connectivity index (χ3n) is 4.00. The molecule has 1 rings (SSSR count). The molecule has 0 fully saturated rings. The van der Waals surface area contributed by atoms with Crippen LogP contribution in [0, 0.1) is 0 Å². The summed E-state index contributed by atoms with van der Waals surface area (Å²) >= 11 is 0. The van der Waals surface area contributed by atoms with Crippen LogP contribution in [0.1, 0.15) is 63.9 Å². The Bertz CT molecular complexity index is 485. The van der Waals surface area contributed by atoms with Crippen LogP contribution in [0.2, 0.25) is 0 Å². The Kier molecular flexibility index (Phi) is 7.08. The minimum atomic E-state index is 0.0264. The van der Waals surface area contributed by atoms with Crippen LogP contribution in [0.4, 0.5) is 0 Å². The van der Waals surface area contributed by atoms with Crippen LogP contribution in [0.15, 0.2) is 18.2 Å². The molecule has 3 heteroatoms. The molecule has 1 aromatic carbocycles. The van der Waals surface area contributed by atoms with Crippen molar-refractivity contribution in [2.45, 2.75) is 53.4 Å². The monoisotopic (exact) mass is 305 g/mol. The molecule has 1 aromatic rings. The molecule has 22 heavy (non-hydrogen) atoms. The first-order valence-corrected chi connectivity index (χ1v) is 8.36. The summed E-state index contributed by atoms with van der Waals surface area (Å²) in [5.74, 6) is 0.876. The Morgan fingerprint density at radius 3 is 2.27 bits per heavy atom. The molecule has 0 spiro atoms. The molecule has 0 aromatic heterocycles. The average molecular weight is 305 g/mol. The van der Waals surface area contributed by atoms with E-state index >= 15 is 0 Å². The van der Waals surface area contributed by atoms with Gasteiger partial charge in [-0.15, -0.1) is 0 Å². The lowest BCUT2D eigenvalue weighted by molar-refractivity contribution is 0.0962. The maximum atomic E-state index is 12.6. The predicted octanol–water partition coefficient (Wildman–Crippen LogP) is 4.30. The molecule has 0 aliphatic carbocycles. The zero-order chi connectivity index (χ0) is 16.8. The van der Waals surface area contributed by atoms with Gasteiger partial charge in [0.25, 0.3) is 0 Å². The van der Waals surface area contributed by atoms with E-state index in [4.69, 9.17) is 4.74 Å². The molecular formula is C19H31NO2. The molecule has 0 heterocycles. The Hall–Kier alpha value is -1.35. The van der Waals surface area contributed by atoms with E-state index in [2.05, 4.69) is 45.6 Å². The van der Waals surface area contributed by atoms with E-state index in [1.807, 2.05) is 19.1 Å². The first-order chi connectivity index (χ1) is 10.3. The molecule has 0 aliphatic heterocycles. The largest absolute Gasteiger partial charge is 0.493 e. The van der Waals surface area contributed by atoms with Gasteiger partial charge in [-0.1, -0.05) is 40.7 Å². The van der Waals surface area contributed by atoms with Crippen LogP contribution in [-0.2, 0) is 5.41 Å². The Morgan fingerprint density at radius 2 is 1.77 bits per heavy atom. The van der Waals surface area contributed by atoms with Crippen LogP contribution < -0.4 is 4.74 Å². The summed E-state index contributed by atoms with van der Waals surface area (Å²) in [5.41, 5.74) is 1.92. The van der Waals surface area contributed by atoms with Crippen molar-refractivity contribution in [3.05, 3.63) is 29.3 Å². The standard InChI is InChI=1S/C19H31NO2/c1-7-20(8-2)13-12-17(21)16-14-15(19(4,5)6)10-11-18(16)22-9-3/h10-11,14H,7-9,12-13H2,1-6H3. The second-order valence-corrected chi connectivity index (χ2v) is 6.59. The van der Waals surface area contributed by atoms with E-state index in [0.717, 1.165) is 25.2 Å². The molecule has 124 valence electrons. The van der Waals surface area contributed by atoms with Gasteiger partial charge in [-0.3, -0.25) is 4.79 Å². The van der Waals surface area contributed by atoms with Crippen LogP contribution in [0.25, 0.3) is 0 Å². The average Bonchev–Trinajstić information content (AvgIpc) is 2.47. The number of nitrogens with zero attached hydrogens (tertiary/aromatic N) is 1. The molecule has 3 nitrogen and oxygen atoms in total. The lowest BCUT2D eigenvalue weighted by Crippen LogP contribution is -2.26. The zero-order valence-corrected chi connectivity index (χ0v) is 15.0. The Labute approximate surface area is 135 Å². The van der Waals surface area contributed by atoms with Crippen molar-refractivity contribution in [2.75, 3.05) is 26.2 Å². The fraction of sp³-hybridized carbons (Fsp3) is 0.632. The molecule has 0 saturated heterocycles. The summed E-state index contributed by atoms with van der Waals surface area (Å²) in [5, 5.41) is 0. The van der Waals surface area contributed by atoms with E-state index < -0.39 is 0 Å². The summed E-state index contributed by atoms with van der Waals surface area (Å²) in [6.07, 6.45) is 0.537. The van der Waals surface area contributed by atoms with Crippen molar-refractivity contribution in [1.82, 2.24) is 4.90 Å². The number of rotatable bonds is 8. The fourth-order valence-electron chi connectivity index (χ4n) is 2.43. The zero-order valence-electron chi connectivity index (χ0n) is 15.0. The number of carbonyl (C=O) groups is 1. The quantitative estimate of drug-likeness (QED) is 0.671. The molecular weight excluding hydrogens is 274 g/mol. The highest BCUT2D eigenvalue weighted by molar-refractivity contribution is 5.99. The second kappa shape index (κ2) is 8.33. The van der Waals surface area contributed by atoms with Crippen molar-refractivity contribution in [3.63, 3.8) is 0 Å². The second-order valence-electron chi connectivity index (χ2n) is 6.59. The number of Topliss-reactive ketones (excluding diaryl/α,β-unsaturated/α-hetero) is 1. The normalized spacial score (nSPS) is 11.8. The van der Waals surface area contributed by atoms with Crippen molar-refractivity contribution in [1.29, 1.82) is 0 Å². The SMILES string of the molecule is CCOc1ccc(C(C)(C)C)cc1C(=O)CCN(CC)CC. The van der Waals surface area contributed by atoms with Crippen molar-refractivity contribution in [3.8, 4) is 5.75 Å². The number of benzene rings is 1. The number of ether oxygens (including phenoxy) is 1. The number of ketones is 1. The molecule has 0 radical (unpaired) electrons. The number of carbonyl (C=O) groups excluding carboxylic acids is 1. The first kappa shape index (κ1) is 18.7. The van der Waals surface area contributed by atoms with E-state index in [0.29, 0.717) is 18.8 Å². The van der Waals surface area contributed by atoms with Gasteiger partial charge in [0.1, 0.15) is 5.75 Å². The lowest BCUT2D eigenvalue weighted by Gasteiger charge is -2.22. The van der Waals surface area contributed by atoms with Crippen molar-refractivity contribution in [2.24, 2.45) is 0 Å². The van der Waals surface area contributed by atoms with Crippen LogP contribution in [-0.4, -0.2) is 36.9 Å². The maximum Gasteiger partial charge on any atom is 0.167 e. The summed E-state index contributed by atoms with van der Waals surface area (Å²) < 4.78 is 5.65. The third kappa shape index (κ3) is 5.13. The van der Waals surface area contributed by atoms with Crippen LogP contribution in [0.3, 0.4) is 0 Å². The van der Waals surface area contributed by atoms with Crippen LogP contribution in [0.5, 0.6) is 5.75 Å². The minimum absolute atomic E-state index is 0.0264. The Morgan fingerprint density at radius 1 is 1.14 bits per heavy atom. The lowest BCUT2D eigenvalue weighted by atomic mass is 9.85. The van der Waals surface area contributed by atoms with Crippen LogP contribution >= 0.6 is 0 Å². The molecule has 0 unspecified atom stereocenters. The molecule has 0 aliphatic rings. The number of hydrogen-bond acceptors (Lipinski definition) is 3. The van der Waals surface area contributed by atoms with Gasteiger partial charge in [0.2, 0.25) is 0 Å². The Balaban J connectivity index is 3.00. The van der Waals surface area contributed by atoms with Gasteiger partial charge in [0.15, 0.2) is 5.78 Å².